The molecule has 0 aliphatic carbocycles. The molecule has 0 bridgehead atoms. The molecule has 7 nitrogen and oxygen atoms in total. The Morgan fingerprint density at radius 1 is 1.09 bits per heavy atom. The Labute approximate surface area is 192 Å². The van der Waals surface area contributed by atoms with E-state index in [4.69, 9.17) is 4.74 Å². The molecule has 3 rings (SSSR count). The Balaban J connectivity index is 1.72. The van der Waals surface area contributed by atoms with Crippen LogP contribution in [0.25, 0.3) is 10.6 Å². The van der Waals surface area contributed by atoms with Crippen LogP contribution in [-0.2, 0) is 11.2 Å². The highest BCUT2D eigenvalue weighted by molar-refractivity contribution is 7.18. The second kappa shape index (κ2) is 10.9. The summed E-state index contributed by atoms with van der Waals surface area (Å²) in [7, 11) is 1.60. The van der Waals surface area contributed by atoms with Gasteiger partial charge in [-0.3, -0.25) is 14.9 Å². The van der Waals surface area contributed by atoms with Gasteiger partial charge in [-0.2, -0.15) is 0 Å². The summed E-state index contributed by atoms with van der Waals surface area (Å²) in [6.07, 6.45) is 1.64. The molecular weight excluding hydrogens is 424 g/mol. The zero-order valence-corrected chi connectivity index (χ0v) is 19.5. The quantitative estimate of drug-likeness (QED) is 0.496. The van der Waals surface area contributed by atoms with Crippen LogP contribution in [0.1, 0.15) is 43.1 Å². The molecule has 0 saturated heterocycles. The van der Waals surface area contributed by atoms with E-state index in [0.29, 0.717) is 15.7 Å². The SMILES string of the molecule is CCc1ccc(C(=O)NC(C(=O)Nc2nnc(-c3cccc(OC)c3)s2)C(C)CC)cc1. The van der Waals surface area contributed by atoms with E-state index in [2.05, 4.69) is 27.8 Å². The van der Waals surface area contributed by atoms with Crippen LogP contribution >= 0.6 is 11.3 Å². The smallest absolute Gasteiger partial charge is 0.251 e. The van der Waals surface area contributed by atoms with Crippen molar-refractivity contribution in [3.63, 3.8) is 0 Å². The number of nitrogens with zero attached hydrogens (tertiary/aromatic N) is 2. The van der Waals surface area contributed by atoms with Gasteiger partial charge in [-0.05, 0) is 42.2 Å². The third-order valence-electron chi connectivity index (χ3n) is 5.38. The lowest BCUT2D eigenvalue weighted by molar-refractivity contribution is -0.119. The van der Waals surface area contributed by atoms with Crippen LogP contribution in [0, 0.1) is 5.92 Å². The summed E-state index contributed by atoms with van der Waals surface area (Å²) < 4.78 is 5.25. The van der Waals surface area contributed by atoms with Crippen molar-refractivity contribution in [3.05, 3.63) is 59.7 Å². The summed E-state index contributed by atoms with van der Waals surface area (Å²) in [5.74, 6) is 0.0723. The van der Waals surface area contributed by atoms with Crippen LogP contribution in [0.15, 0.2) is 48.5 Å². The molecule has 32 heavy (non-hydrogen) atoms. The number of methoxy groups -OCH3 is 1. The normalized spacial score (nSPS) is 12.6. The van der Waals surface area contributed by atoms with Crippen molar-refractivity contribution in [3.8, 4) is 16.3 Å². The second-order valence-electron chi connectivity index (χ2n) is 7.52. The van der Waals surface area contributed by atoms with Gasteiger partial charge < -0.3 is 10.1 Å². The Hall–Kier alpha value is -3.26. The van der Waals surface area contributed by atoms with Crippen molar-refractivity contribution in [2.45, 2.75) is 39.7 Å². The van der Waals surface area contributed by atoms with Gasteiger partial charge in [-0.25, -0.2) is 0 Å². The lowest BCUT2D eigenvalue weighted by Gasteiger charge is -2.23. The molecular formula is C24H28N4O3S. The number of hydrogen-bond donors (Lipinski definition) is 2. The average molecular weight is 453 g/mol. The number of aryl methyl sites for hydroxylation is 1. The minimum Gasteiger partial charge on any atom is -0.497 e. The number of aromatic nitrogens is 2. The summed E-state index contributed by atoms with van der Waals surface area (Å²) in [5.41, 5.74) is 2.53. The third-order valence-corrected chi connectivity index (χ3v) is 6.27. The van der Waals surface area contributed by atoms with Gasteiger partial charge in [-0.1, -0.05) is 62.8 Å². The maximum Gasteiger partial charge on any atom is 0.251 e. The first-order chi connectivity index (χ1) is 15.4. The summed E-state index contributed by atoms with van der Waals surface area (Å²) in [6.45, 7) is 5.98. The monoisotopic (exact) mass is 452 g/mol. The molecule has 1 aromatic heterocycles. The third kappa shape index (κ3) is 5.70. The van der Waals surface area contributed by atoms with Crippen LogP contribution in [0.2, 0.25) is 0 Å². The summed E-state index contributed by atoms with van der Waals surface area (Å²) in [5, 5.41) is 15.0. The number of anilines is 1. The number of hydrogen-bond acceptors (Lipinski definition) is 6. The molecule has 0 spiro atoms. The van der Waals surface area contributed by atoms with Crippen LogP contribution in [0.3, 0.4) is 0 Å². The minimum atomic E-state index is -0.692. The molecule has 8 heteroatoms. The molecule has 3 aromatic rings. The Morgan fingerprint density at radius 3 is 2.50 bits per heavy atom. The summed E-state index contributed by atoms with van der Waals surface area (Å²) in [6, 6.07) is 14.2. The van der Waals surface area contributed by atoms with Gasteiger partial charge in [0, 0.05) is 11.1 Å². The number of ether oxygens (including phenoxy) is 1. The van der Waals surface area contributed by atoms with E-state index in [1.165, 1.54) is 11.3 Å². The molecule has 0 radical (unpaired) electrons. The number of nitrogens with one attached hydrogen (secondary N) is 2. The number of benzene rings is 2. The molecule has 0 saturated carbocycles. The molecule has 0 aliphatic heterocycles. The van der Waals surface area contributed by atoms with E-state index in [-0.39, 0.29) is 17.7 Å². The molecule has 2 N–H and O–H groups in total. The van der Waals surface area contributed by atoms with Crippen LogP contribution in [-0.4, -0.2) is 35.2 Å². The molecule has 2 unspecified atom stereocenters. The molecule has 2 amide bonds. The zero-order valence-electron chi connectivity index (χ0n) is 18.7. The summed E-state index contributed by atoms with van der Waals surface area (Å²) >= 11 is 1.27. The number of amides is 2. The first-order valence-corrected chi connectivity index (χ1v) is 11.4. The maximum absolute atomic E-state index is 13.0. The standard InChI is InChI=1S/C24H28N4O3S/c1-5-15(3)20(25-21(29)17-12-10-16(6-2)11-13-17)22(30)26-24-28-27-23(32-24)18-8-7-9-19(14-18)31-4/h7-15,20H,5-6H2,1-4H3,(H,25,29)(H,26,28,30). The van der Waals surface area contributed by atoms with E-state index < -0.39 is 6.04 Å². The fourth-order valence-electron chi connectivity index (χ4n) is 3.15. The molecule has 168 valence electrons. The highest BCUT2D eigenvalue weighted by atomic mass is 32.1. The molecule has 2 atom stereocenters. The Kier molecular flexibility index (Phi) is 7.94. The van der Waals surface area contributed by atoms with Gasteiger partial charge >= 0.3 is 0 Å². The number of carbonyl (C=O) groups is 2. The highest BCUT2D eigenvalue weighted by Gasteiger charge is 2.27. The lowest BCUT2D eigenvalue weighted by atomic mass is 9.98. The van der Waals surface area contributed by atoms with Crippen molar-refractivity contribution in [1.82, 2.24) is 15.5 Å². The predicted octanol–water partition coefficient (Wildman–Crippen LogP) is 4.56. The van der Waals surface area contributed by atoms with Gasteiger partial charge in [-0.15, -0.1) is 10.2 Å². The largest absolute Gasteiger partial charge is 0.497 e. The molecule has 2 aromatic carbocycles. The zero-order chi connectivity index (χ0) is 23.1. The van der Waals surface area contributed by atoms with Crippen molar-refractivity contribution in [2.75, 3.05) is 12.4 Å². The average Bonchev–Trinajstić information content (AvgIpc) is 3.30. The van der Waals surface area contributed by atoms with E-state index in [1.807, 2.05) is 50.2 Å². The molecule has 1 heterocycles. The minimum absolute atomic E-state index is 0.0559. The fourth-order valence-corrected chi connectivity index (χ4v) is 3.89. The number of carbonyl (C=O) groups excluding carboxylic acids is 2. The Bertz CT molecular complexity index is 1070. The van der Waals surface area contributed by atoms with E-state index in [9.17, 15) is 9.59 Å². The van der Waals surface area contributed by atoms with Crippen molar-refractivity contribution in [1.29, 1.82) is 0 Å². The second-order valence-corrected chi connectivity index (χ2v) is 8.50. The maximum atomic E-state index is 13.0. The topological polar surface area (TPSA) is 93.2 Å². The first kappa shape index (κ1) is 23.4. The predicted molar refractivity (Wildman–Crippen MR) is 127 cm³/mol. The summed E-state index contributed by atoms with van der Waals surface area (Å²) in [4.78, 5) is 25.8. The molecule has 0 aliphatic rings. The fraction of sp³-hybridized carbons (Fsp3) is 0.333. The van der Waals surface area contributed by atoms with Gasteiger partial charge in [0.15, 0.2) is 0 Å². The lowest BCUT2D eigenvalue weighted by Crippen LogP contribution is -2.47. The van der Waals surface area contributed by atoms with Gasteiger partial charge in [0.05, 0.1) is 7.11 Å². The van der Waals surface area contributed by atoms with Gasteiger partial charge in [0.1, 0.15) is 16.8 Å². The molecule has 0 fully saturated rings. The van der Waals surface area contributed by atoms with Crippen molar-refractivity contribution < 1.29 is 14.3 Å². The van der Waals surface area contributed by atoms with Crippen LogP contribution < -0.4 is 15.4 Å². The Morgan fingerprint density at radius 2 is 1.84 bits per heavy atom. The van der Waals surface area contributed by atoms with E-state index in [0.717, 1.165) is 29.7 Å². The first-order valence-electron chi connectivity index (χ1n) is 10.6. The van der Waals surface area contributed by atoms with Crippen molar-refractivity contribution >= 4 is 28.3 Å². The number of rotatable bonds is 9. The van der Waals surface area contributed by atoms with Crippen molar-refractivity contribution in [2.24, 2.45) is 5.92 Å². The highest BCUT2D eigenvalue weighted by Crippen LogP contribution is 2.29. The van der Waals surface area contributed by atoms with E-state index in [1.54, 1.807) is 19.2 Å². The van der Waals surface area contributed by atoms with Crippen LogP contribution in [0.5, 0.6) is 5.75 Å². The van der Waals surface area contributed by atoms with E-state index >= 15 is 0 Å². The van der Waals surface area contributed by atoms with Gasteiger partial charge in [0.2, 0.25) is 11.0 Å². The van der Waals surface area contributed by atoms with Gasteiger partial charge in [0.25, 0.3) is 5.91 Å². The van der Waals surface area contributed by atoms with Crippen LogP contribution in [0.4, 0.5) is 5.13 Å².